The molecule has 0 aromatic rings. The highest BCUT2D eigenvalue weighted by molar-refractivity contribution is 7.46. The van der Waals surface area contributed by atoms with Crippen LogP contribution in [0.25, 0.3) is 0 Å². The van der Waals surface area contributed by atoms with Crippen LogP contribution in [0.1, 0.15) is 0 Å². The Morgan fingerprint density at radius 1 is 1.67 bits per heavy atom. The molecule has 0 rings (SSSR count). The molecule has 0 aliphatic rings. The van der Waals surface area contributed by atoms with Gasteiger partial charge in [-0.1, -0.05) is 0 Å². The molecule has 58 valence electrons. The topological polar surface area (TPSA) is 49.8 Å². The van der Waals surface area contributed by atoms with Crippen molar-refractivity contribution in [3.05, 3.63) is 0 Å². The number of rotatable bonds is 2. The molecule has 0 saturated carbocycles. The van der Waals surface area contributed by atoms with Gasteiger partial charge in [0.15, 0.2) is 0 Å². The maximum Gasteiger partial charge on any atom is 0.527 e. The summed E-state index contributed by atoms with van der Waals surface area (Å²) >= 11 is 0. The summed E-state index contributed by atoms with van der Waals surface area (Å²) in [6.07, 6.45) is 0. The van der Waals surface area contributed by atoms with E-state index in [9.17, 15) is 8.76 Å². The van der Waals surface area contributed by atoms with Crippen LogP contribution in [0.3, 0.4) is 0 Å². The van der Waals surface area contributed by atoms with Gasteiger partial charge in [0.25, 0.3) is 0 Å². The molecule has 0 heterocycles. The average molecular weight is 177 g/mol. The first-order chi connectivity index (χ1) is 3.42. The van der Waals surface area contributed by atoms with E-state index in [-0.39, 0.29) is 9.90 Å². The first-order valence-electron chi connectivity index (χ1n) is 1.81. The van der Waals surface area contributed by atoms with Crippen molar-refractivity contribution in [1.82, 2.24) is 5.06 Å². The zero-order valence-corrected chi connectivity index (χ0v) is 7.55. The first kappa shape index (κ1) is 12.2. The predicted molar refractivity (Wildman–Crippen MR) is 36.8 cm³/mol. The third-order valence-corrected chi connectivity index (χ3v) is 0.792. The number of halogens is 1. The van der Waals surface area contributed by atoms with Gasteiger partial charge < -0.3 is 0 Å². The van der Waals surface area contributed by atoms with E-state index in [1.54, 1.807) is 0 Å². The van der Waals surface area contributed by atoms with Crippen molar-refractivity contribution in [2.75, 3.05) is 14.1 Å². The van der Waals surface area contributed by atoms with Crippen LogP contribution in [0.4, 0.5) is 4.20 Å². The standard InChI is InChI=1S/C2H7FNO3P.H3P/c1-4(2)7-8(3,5)6;/h1-2H3,(H,5,6);1H3. The highest BCUT2D eigenvalue weighted by Crippen LogP contribution is 2.43. The summed E-state index contributed by atoms with van der Waals surface area (Å²) in [6.45, 7) is 0. The van der Waals surface area contributed by atoms with Crippen LogP contribution in [0.15, 0.2) is 0 Å². The van der Waals surface area contributed by atoms with E-state index in [2.05, 4.69) is 4.62 Å². The number of hydroxylamine groups is 2. The van der Waals surface area contributed by atoms with Crippen LogP contribution in [-0.2, 0) is 9.19 Å². The van der Waals surface area contributed by atoms with E-state index in [0.717, 1.165) is 5.06 Å². The number of hydrogen-bond donors (Lipinski definition) is 1. The second-order valence-corrected chi connectivity index (χ2v) is 2.41. The van der Waals surface area contributed by atoms with Gasteiger partial charge in [-0.3, -0.25) is 4.89 Å². The Morgan fingerprint density at radius 3 is 2.00 bits per heavy atom. The highest BCUT2D eigenvalue weighted by atomic mass is 31.2. The summed E-state index contributed by atoms with van der Waals surface area (Å²) in [5.74, 6) is 0. The fourth-order valence-corrected chi connectivity index (χ4v) is 0.604. The van der Waals surface area contributed by atoms with Gasteiger partial charge >= 0.3 is 7.91 Å². The Balaban J connectivity index is 0. The third kappa shape index (κ3) is 11.8. The summed E-state index contributed by atoms with van der Waals surface area (Å²) in [6, 6.07) is 0. The zero-order valence-electron chi connectivity index (χ0n) is 5.24. The molecule has 7 heteroatoms. The Kier molecular flexibility index (Phi) is 5.83. The maximum atomic E-state index is 11.5. The van der Waals surface area contributed by atoms with Crippen molar-refractivity contribution in [2.24, 2.45) is 0 Å². The molecule has 0 amide bonds. The molecule has 4 nitrogen and oxygen atoms in total. The molecule has 0 fully saturated rings. The zero-order chi connectivity index (χ0) is 6.78. The van der Waals surface area contributed by atoms with E-state index >= 15 is 0 Å². The van der Waals surface area contributed by atoms with Crippen molar-refractivity contribution in [1.29, 1.82) is 0 Å². The minimum Gasteiger partial charge on any atom is -0.298 e. The Bertz CT molecular complexity index is 112. The van der Waals surface area contributed by atoms with Crippen LogP contribution < -0.4 is 0 Å². The van der Waals surface area contributed by atoms with Gasteiger partial charge in [-0.2, -0.15) is 19.6 Å². The Hall–Kier alpha value is 0.470. The molecular formula is C2H10FNO3P2. The van der Waals surface area contributed by atoms with Gasteiger partial charge in [0.1, 0.15) is 0 Å². The van der Waals surface area contributed by atoms with Crippen LogP contribution in [-0.4, -0.2) is 24.1 Å². The molecule has 0 radical (unpaired) electrons. The SMILES string of the molecule is CN(C)OP(=O)(O)F.P. The molecule has 0 aliphatic carbocycles. The van der Waals surface area contributed by atoms with E-state index < -0.39 is 7.91 Å². The first-order valence-corrected chi connectivity index (χ1v) is 3.28. The fraction of sp³-hybridized carbons (Fsp3) is 1.00. The van der Waals surface area contributed by atoms with Crippen molar-refractivity contribution >= 4 is 17.8 Å². The second kappa shape index (κ2) is 4.31. The molecule has 2 unspecified atom stereocenters. The van der Waals surface area contributed by atoms with Crippen molar-refractivity contribution in [3.63, 3.8) is 0 Å². The van der Waals surface area contributed by atoms with Crippen LogP contribution in [0, 0.1) is 0 Å². The van der Waals surface area contributed by atoms with Gasteiger partial charge in [-0.25, -0.2) is 4.57 Å². The fourth-order valence-electron chi connectivity index (χ4n) is 0.201. The van der Waals surface area contributed by atoms with Gasteiger partial charge in [-0.05, 0) is 0 Å². The van der Waals surface area contributed by atoms with E-state index in [4.69, 9.17) is 4.89 Å². The van der Waals surface area contributed by atoms with Gasteiger partial charge in [0, 0.05) is 14.1 Å². The third-order valence-electron chi connectivity index (χ3n) is 0.264. The Morgan fingerprint density at radius 2 is 2.00 bits per heavy atom. The van der Waals surface area contributed by atoms with E-state index in [1.807, 2.05) is 0 Å². The molecule has 9 heavy (non-hydrogen) atoms. The van der Waals surface area contributed by atoms with E-state index in [0.29, 0.717) is 0 Å². The number of hydrogen-bond acceptors (Lipinski definition) is 3. The molecule has 2 atom stereocenters. The summed E-state index contributed by atoms with van der Waals surface area (Å²) in [7, 11) is -2.18. The average Bonchev–Trinajstić information content (AvgIpc) is 1.21. The lowest BCUT2D eigenvalue weighted by molar-refractivity contribution is -0.0251. The monoisotopic (exact) mass is 177 g/mol. The lowest BCUT2D eigenvalue weighted by Crippen LogP contribution is -2.08. The molecule has 0 aliphatic heterocycles. The van der Waals surface area contributed by atoms with Crippen LogP contribution in [0.5, 0.6) is 0 Å². The quantitative estimate of drug-likeness (QED) is 0.495. The van der Waals surface area contributed by atoms with Gasteiger partial charge in [-0.15, -0.1) is 4.20 Å². The lowest BCUT2D eigenvalue weighted by atomic mass is 11.2. The van der Waals surface area contributed by atoms with Crippen molar-refractivity contribution in [2.45, 2.75) is 0 Å². The minimum atomic E-state index is -4.80. The molecule has 1 N–H and O–H groups in total. The van der Waals surface area contributed by atoms with Crippen LogP contribution in [0.2, 0.25) is 0 Å². The molecule has 0 bridgehead atoms. The summed E-state index contributed by atoms with van der Waals surface area (Å²) in [5.41, 5.74) is 0. The number of nitrogens with zero attached hydrogens (tertiary/aromatic N) is 1. The van der Waals surface area contributed by atoms with Gasteiger partial charge in [0.05, 0.1) is 0 Å². The van der Waals surface area contributed by atoms with Crippen molar-refractivity contribution in [3.8, 4) is 0 Å². The maximum absolute atomic E-state index is 11.5. The predicted octanol–water partition coefficient (Wildman–Crippen LogP) is 0.608. The van der Waals surface area contributed by atoms with E-state index in [1.165, 1.54) is 14.1 Å². The van der Waals surface area contributed by atoms with Gasteiger partial charge in [0.2, 0.25) is 0 Å². The minimum absolute atomic E-state index is 0. The Labute approximate surface area is 56.2 Å². The smallest absolute Gasteiger partial charge is 0.298 e. The van der Waals surface area contributed by atoms with Crippen molar-refractivity contribution < 1.29 is 18.3 Å². The second-order valence-electron chi connectivity index (χ2n) is 1.35. The summed E-state index contributed by atoms with van der Waals surface area (Å²) in [4.78, 5) is 7.81. The highest BCUT2D eigenvalue weighted by Gasteiger charge is 2.18. The van der Waals surface area contributed by atoms with Crippen LogP contribution >= 0.6 is 17.8 Å². The molecule has 0 aromatic heterocycles. The molecular weight excluding hydrogens is 167 g/mol. The summed E-state index contributed by atoms with van der Waals surface area (Å²) in [5, 5.41) is 0.820. The largest absolute Gasteiger partial charge is 0.527 e. The lowest BCUT2D eigenvalue weighted by Gasteiger charge is -2.07. The molecule has 0 aromatic carbocycles. The molecule has 0 spiro atoms. The summed E-state index contributed by atoms with van der Waals surface area (Å²) < 4.78 is 24.9. The normalized spacial score (nSPS) is 16.6. The molecule has 0 saturated heterocycles.